The van der Waals surface area contributed by atoms with Crippen LogP contribution in [0.5, 0.6) is 0 Å². The molecule has 1 heterocycles. The van der Waals surface area contributed by atoms with Gasteiger partial charge < -0.3 is 10.4 Å². The molecule has 18 heavy (non-hydrogen) atoms. The van der Waals surface area contributed by atoms with Crippen LogP contribution in [0.1, 0.15) is 37.8 Å². The number of nitrogens with one attached hydrogen (secondary N) is 1. The number of hydrogen-bond acceptors (Lipinski definition) is 4. The Kier molecular flexibility index (Phi) is 3.61. The molecular weight excluding hydrogens is 228 g/mol. The van der Waals surface area contributed by atoms with E-state index in [1.54, 1.807) is 0 Å². The third-order valence-electron chi connectivity index (χ3n) is 4.41. The first kappa shape index (κ1) is 12.1. The molecule has 2 fully saturated rings. The minimum Gasteiger partial charge on any atom is -0.396 e. The molecule has 0 spiro atoms. The van der Waals surface area contributed by atoms with E-state index < -0.39 is 0 Å². The maximum atomic E-state index is 8.77. The molecule has 0 saturated heterocycles. The van der Waals surface area contributed by atoms with Gasteiger partial charge in [0.15, 0.2) is 0 Å². The minimum absolute atomic E-state index is 0.207. The lowest BCUT2D eigenvalue weighted by molar-refractivity contribution is 0.276. The molecule has 1 aromatic rings. The van der Waals surface area contributed by atoms with E-state index in [4.69, 9.17) is 5.11 Å². The minimum atomic E-state index is 0.207. The van der Waals surface area contributed by atoms with E-state index in [2.05, 4.69) is 15.6 Å². The first-order valence-electron chi connectivity index (χ1n) is 7.08. The fraction of sp³-hybridized carbons (Fsp3) is 0.846. The summed E-state index contributed by atoms with van der Waals surface area (Å²) in [6, 6.07) is 0.700. The third-order valence-corrected chi connectivity index (χ3v) is 4.41. The van der Waals surface area contributed by atoms with Gasteiger partial charge in [-0.05, 0) is 37.5 Å². The topological polar surface area (TPSA) is 63.0 Å². The van der Waals surface area contributed by atoms with Crippen molar-refractivity contribution in [1.29, 1.82) is 0 Å². The highest BCUT2D eigenvalue weighted by atomic mass is 16.3. The molecule has 3 rings (SSSR count). The van der Waals surface area contributed by atoms with Crippen LogP contribution in [0.3, 0.4) is 0 Å². The van der Waals surface area contributed by atoms with Gasteiger partial charge in [0, 0.05) is 31.9 Å². The summed E-state index contributed by atoms with van der Waals surface area (Å²) in [5.74, 6) is 1.88. The molecule has 1 aromatic heterocycles. The number of rotatable bonds is 6. The first-order chi connectivity index (χ1) is 8.85. The molecule has 2 saturated carbocycles. The predicted octanol–water partition coefficient (Wildman–Crippen LogP) is 0.939. The number of aliphatic hydroxyl groups is 1. The van der Waals surface area contributed by atoms with Crippen molar-refractivity contribution < 1.29 is 5.11 Å². The largest absolute Gasteiger partial charge is 0.396 e. The molecular formula is C13H22N4O. The van der Waals surface area contributed by atoms with E-state index >= 15 is 0 Å². The van der Waals surface area contributed by atoms with Crippen LogP contribution in [-0.2, 0) is 13.1 Å². The van der Waals surface area contributed by atoms with Gasteiger partial charge >= 0.3 is 0 Å². The van der Waals surface area contributed by atoms with Gasteiger partial charge in [0.1, 0.15) is 0 Å². The monoisotopic (exact) mass is 250 g/mol. The summed E-state index contributed by atoms with van der Waals surface area (Å²) in [6.07, 6.45) is 8.36. The first-order valence-corrected chi connectivity index (χ1v) is 7.08. The highest BCUT2D eigenvalue weighted by molar-refractivity contribution is 4.97. The molecule has 0 radical (unpaired) electrons. The van der Waals surface area contributed by atoms with Crippen molar-refractivity contribution in [1.82, 2.24) is 20.3 Å². The molecule has 0 aromatic carbocycles. The Morgan fingerprint density at radius 2 is 2.33 bits per heavy atom. The van der Waals surface area contributed by atoms with Gasteiger partial charge in [0.2, 0.25) is 0 Å². The summed E-state index contributed by atoms with van der Waals surface area (Å²) < 4.78 is 1.81. The summed E-state index contributed by atoms with van der Waals surface area (Å²) in [6.45, 7) is 1.78. The van der Waals surface area contributed by atoms with Gasteiger partial charge in [-0.25, -0.2) is 0 Å². The van der Waals surface area contributed by atoms with Crippen molar-refractivity contribution in [2.75, 3.05) is 6.61 Å². The Hall–Kier alpha value is -0.940. The van der Waals surface area contributed by atoms with E-state index in [1.807, 2.05) is 10.9 Å². The van der Waals surface area contributed by atoms with Crippen LogP contribution in [0.15, 0.2) is 6.20 Å². The molecule has 0 aliphatic heterocycles. The van der Waals surface area contributed by atoms with Crippen molar-refractivity contribution in [2.45, 2.75) is 51.2 Å². The average molecular weight is 250 g/mol. The zero-order valence-electron chi connectivity index (χ0n) is 10.8. The van der Waals surface area contributed by atoms with E-state index in [0.717, 1.165) is 37.0 Å². The van der Waals surface area contributed by atoms with Gasteiger partial charge in [0.05, 0.1) is 5.69 Å². The normalized spacial score (nSPS) is 30.2. The molecule has 2 N–H and O–H groups in total. The fourth-order valence-electron chi connectivity index (χ4n) is 3.49. The van der Waals surface area contributed by atoms with Crippen molar-refractivity contribution in [2.24, 2.45) is 11.8 Å². The van der Waals surface area contributed by atoms with Crippen LogP contribution < -0.4 is 5.32 Å². The number of hydrogen-bond donors (Lipinski definition) is 2. The molecule has 2 aliphatic carbocycles. The van der Waals surface area contributed by atoms with Gasteiger partial charge in [0.25, 0.3) is 0 Å². The molecule has 0 amide bonds. The van der Waals surface area contributed by atoms with Crippen LogP contribution in [-0.4, -0.2) is 32.7 Å². The van der Waals surface area contributed by atoms with Crippen LogP contribution in [0.2, 0.25) is 0 Å². The zero-order valence-corrected chi connectivity index (χ0v) is 10.8. The third kappa shape index (κ3) is 2.57. The molecule has 3 atom stereocenters. The smallest absolute Gasteiger partial charge is 0.0964 e. The molecule has 5 heteroatoms. The predicted molar refractivity (Wildman–Crippen MR) is 67.8 cm³/mol. The highest BCUT2D eigenvalue weighted by Gasteiger charge is 2.39. The maximum Gasteiger partial charge on any atom is 0.0964 e. The summed E-state index contributed by atoms with van der Waals surface area (Å²) in [5, 5.41) is 20.6. The Bertz CT molecular complexity index is 392. The average Bonchev–Trinajstić information content (AvgIpc) is 3.09. The van der Waals surface area contributed by atoms with E-state index in [1.165, 1.54) is 25.7 Å². The lowest BCUT2D eigenvalue weighted by atomic mass is 9.95. The number of aryl methyl sites for hydroxylation is 1. The van der Waals surface area contributed by atoms with Crippen molar-refractivity contribution in [3.05, 3.63) is 11.9 Å². The van der Waals surface area contributed by atoms with Gasteiger partial charge in [-0.1, -0.05) is 11.6 Å². The lowest BCUT2D eigenvalue weighted by Crippen LogP contribution is -2.33. The molecule has 5 nitrogen and oxygen atoms in total. The standard InChI is InChI=1S/C13H22N4O/c18-5-1-4-17-9-12(15-16-17)8-14-13-7-10-2-3-11(13)6-10/h9-11,13-14,18H,1-8H2. The summed E-state index contributed by atoms with van der Waals surface area (Å²) in [5.41, 5.74) is 1.01. The molecule has 100 valence electrons. The number of fused-ring (bicyclic) bond motifs is 2. The van der Waals surface area contributed by atoms with Crippen molar-refractivity contribution in [3.8, 4) is 0 Å². The highest BCUT2D eigenvalue weighted by Crippen LogP contribution is 2.44. The quantitative estimate of drug-likeness (QED) is 0.788. The Morgan fingerprint density at radius 1 is 1.39 bits per heavy atom. The van der Waals surface area contributed by atoms with E-state index in [0.29, 0.717) is 6.04 Å². The second kappa shape index (κ2) is 5.36. The number of aliphatic hydroxyl groups excluding tert-OH is 1. The second-order valence-electron chi connectivity index (χ2n) is 5.71. The van der Waals surface area contributed by atoms with Gasteiger partial charge in [-0.3, -0.25) is 4.68 Å². The SMILES string of the molecule is OCCCn1cc(CNC2CC3CCC2C3)nn1. The summed E-state index contributed by atoms with van der Waals surface area (Å²) in [4.78, 5) is 0. The Balaban J connectivity index is 1.46. The molecule has 2 bridgehead atoms. The van der Waals surface area contributed by atoms with Crippen molar-refractivity contribution >= 4 is 0 Å². The van der Waals surface area contributed by atoms with Crippen molar-refractivity contribution in [3.63, 3.8) is 0 Å². The van der Waals surface area contributed by atoms with E-state index in [-0.39, 0.29) is 6.61 Å². The van der Waals surface area contributed by atoms with Gasteiger partial charge in [-0.2, -0.15) is 0 Å². The Morgan fingerprint density at radius 3 is 3.06 bits per heavy atom. The second-order valence-corrected chi connectivity index (χ2v) is 5.71. The fourth-order valence-corrected chi connectivity index (χ4v) is 3.49. The van der Waals surface area contributed by atoms with Crippen LogP contribution >= 0.6 is 0 Å². The molecule has 2 aliphatic rings. The lowest BCUT2D eigenvalue weighted by Gasteiger charge is -2.22. The summed E-state index contributed by atoms with van der Waals surface area (Å²) in [7, 11) is 0. The van der Waals surface area contributed by atoms with Crippen LogP contribution in [0.25, 0.3) is 0 Å². The maximum absolute atomic E-state index is 8.77. The van der Waals surface area contributed by atoms with E-state index in [9.17, 15) is 0 Å². The summed E-state index contributed by atoms with van der Waals surface area (Å²) >= 11 is 0. The van der Waals surface area contributed by atoms with Gasteiger partial charge in [-0.15, -0.1) is 5.10 Å². The Labute approximate surface area is 108 Å². The number of aromatic nitrogens is 3. The van der Waals surface area contributed by atoms with Crippen LogP contribution in [0, 0.1) is 11.8 Å². The molecule has 3 unspecified atom stereocenters. The zero-order chi connectivity index (χ0) is 12.4. The van der Waals surface area contributed by atoms with Crippen LogP contribution in [0.4, 0.5) is 0 Å². The number of nitrogens with zero attached hydrogens (tertiary/aromatic N) is 3.